The SMILES string of the molecule is Cc1ccc(C2C3=C(CC(C)(C)CC3=O)N(Cc3ccccc3)c3c2c(=O)n(-c2ccccc2C)c(=S)n3-c2ccccc2C)cc1. The highest BCUT2D eigenvalue weighted by Crippen LogP contribution is 2.51. The van der Waals surface area contributed by atoms with Crippen molar-refractivity contribution >= 4 is 23.8 Å². The van der Waals surface area contributed by atoms with Crippen LogP contribution >= 0.6 is 12.2 Å². The van der Waals surface area contributed by atoms with Gasteiger partial charge in [-0.15, -0.1) is 0 Å². The van der Waals surface area contributed by atoms with Gasteiger partial charge in [-0.1, -0.05) is 110 Å². The van der Waals surface area contributed by atoms with Crippen LogP contribution in [0.25, 0.3) is 11.4 Å². The third kappa shape index (κ3) is 5.31. The molecule has 0 spiro atoms. The molecule has 0 radical (unpaired) electrons. The maximum absolute atomic E-state index is 15.3. The fraction of sp³-hybridized carbons (Fsp3) is 0.244. The van der Waals surface area contributed by atoms with Crippen molar-refractivity contribution in [3.05, 3.63) is 163 Å². The van der Waals surface area contributed by atoms with Crippen molar-refractivity contribution in [2.75, 3.05) is 4.90 Å². The molecule has 1 aliphatic heterocycles. The molecule has 0 saturated carbocycles. The van der Waals surface area contributed by atoms with Gasteiger partial charge >= 0.3 is 0 Å². The van der Waals surface area contributed by atoms with E-state index in [1.165, 1.54) is 0 Å². The van der Waals surface area contributed by atoms with Crippen LogP contribution in [0.4, 0.5) is 5.82 Å². The molecular weight excluding hydrogens is 599 g/mol. The fourth-order valence-electron chi connectivity index (χ4n) is 7.36. The Balaban J connectivity index is 1.69. The summed E-state index contributed by atoms with van der Waals surface area (Å²) in [5.74, 6) is 0.278. The zero-order valence-corrected chi connectivity index (χ0v) is 28.4. The Morgan fingerprint density at radius 3 is 1.91 bits per heavy atom. The van der Waals surface area contributed by atoms with Gasteiger partial charge in [-0.2, -0.15) is 0 Å². The third-order valence-electron chi connectivity index (χ3n) is 9.63. The van der Waals surface area contributed by atoms with Crippen molar-refractivity contribution in [2.24, 2.45) is 5.41 Å². The minimum Gasteiger partial charge on any atom is -0.326 e. The van der Waals surface area contributed by atoms with Gasteiger partial charge in [0.1, 0.15) is 5.82 Å². The molecule has 0 fully saturated rings. The summed E-state index contributed by atoms with van der Waals surface area (Å²) in [6, 6.07) is 34.6. The van der Waals surface area contributed by atoms with Crippen LogP contribution in [-0.4, -0.2) is 14.9 Å². The molecule has 0 saturated heterocycles. The van der Waals surface area contributed by atoms with Gasteiger partial charge in [0.05, 0.1) is 16.9 Å². The first-order valence-corrected chi connectivity index (χ1v) is 16.6. The van der Waals surface area contributed by atoms with Crippen molar-refractivity contribution < 1.29 is 4.79 Å². The first kappa shape index (κ1) is 30.8. The van der Waals surface area contributed by atoms with Gasteiger partial charge in [-0.25, -0.2) is 0 Å². The zero-order valence-electron chi connectivity index (χ0n) is 27.6. The van der Waals surface area contributed by atoms with Crippen LogP contribution in [0.5, 0.6) is 0 Å². The number of hydrogen-bond acceptors (Lipinski definition) is 4. The number of aryl methyl sites for hydroxylation is 3. The van der Waals surface area contributed by atoms with Crippen LogP contribution in [0.3, 0.4) is 0 Å². The number of benzene rings is 4. The summed E-state index contributed by atoms with van der Waals surface area (Å²) in [4.78, 5) is 32.0. The van der Waals surface area contributed by atoms with E-state index < -0.39 is 5.92 Å². The van der Waals surface area contributed by atoms with Gasteiger partial charge < -0.3 is 4.90 Å². The summed E-state index contributed by atoms with van der Waals surface area (Å²) < 4.78 is 4.16. The lowest BCUT2D eigenvalue weighted by Crippen LogP contribution is -2.44. The van der Waals surface area contributed by atoms with Gasteiger partial charge in [0.2, 0.25) is 0 Å². The van der Waals surface area contributed by atoms with E-state index in [0.717, 1.165) is 56.3 Å². The van der Waals surface area contributed by atoms with E-state index in [2.05, 4.69) is 85.7 Å². The molecule has 47 heavy (non-hydrogen) atoms. The molecule has 6 heteroatoms. The Bertz CT molecular complexity index is 2190. The number of aromatic nitrogens is 2. The van der Waals surface area contributed by atoms with Crippen LogP contribution in [0, 0.1) is 31.0 Å². The molecule has 1 aliphatic carbocycles. The van der Waals surface area contributed by atoms with Crippen LogP contribution in [0.15, 0.2) is 119 Å². The average molecular weight is 638 g/mol. The van der Waals surface area contributed by atoms with E-state index in [1.54, 1.807) is 4.57 Å². The highest BCUT2D eigenvalue weighted by atomic mass is 32.1. The molecule has 5 nitrogen and oxygen atoms in total. The number of allylic oxidation sites excluding steroid dienone is 2. The van der Waals surface area contributed by atoms with Gasteiger partial charge in [-0.05, 0) is 79.2 Å². The second-order valence-corrected chi connectivity index (χ2v) is 14.2. The standard InChI is InChI=1S/C41H39N3O2S/c1-26-19-21-30(22-20-26)35-36-33(23-41(4,5)24-34(36)45)42(25-29-15-7-6-8-16-29)38-37(35)39(46)44(32-18-12-10-14-28(32)3)40(47)43(38)31-17-11-9-13-27(31)2/h6-22,35H,23-25H2,1-5H3. The fourth-order valence-corrected chi connectivity index (χ4v) is 7.73. The number of rotatable bonds is 5. The number of anilines is 1. The van der Waals surface area contributed by atoms with Crippen LogP contribution in [-0.2, 0) is 11.3 Å². The Hall–Kier alpha value is -4.81. The molecule has 0 N–H and O–H groups in total. The predicted molar refractivity (Wildman–Crippen MR) is 192 cm³/mol. The molecule has 236 valence electrons. The Morgan fingerprint density at radius 2 is 1.30 bits per heavy atom. The van der Waals surface area contributed by atoms with E-state index in [-0.39, 0.29) is 16.8 Å². The van der Waals surface area contributed by atoms with E-state index in [0.29, 0.717) is 29.7 Å². The minimum absolute atomic E-state index is 0.0947. The molecule has 2 aliphatic rings. The van der Waals surface area contributed by atoms with Crippen molar-refractivity contribution in [3.8, 4) is 11.4 Å². The first-order chi connectivity index (χ1) is 22.6. The normalized spacial score (nSPS) is 17.0. The van der Waals surface area contributed by atoms with Crippen LogP contribution < -0.4 is 10.5 Å². The lowest BCUT2D eigenvalue weighted by molar-refractivity contribution is -0.118. The van der Waals surface area contributed by atoms with Crippen LogP contribution in [0.1, 0.15) is 66.0 Å². The quantitative estimate of drug-likeness (QED) is 0.180. The highest BCUT2D eigenvalue weighted by Gasteiger charge is 2.46. The summed E-state index contributed by atoms with van der Waals surface area (Å²) in [6.45, 7) is 10.9. The van der Waals surface area contributed by atoms with E-state index in [9.17, 15) is 4.79 Å². The lowest BCUT2D eigenvalue weighted by atomic mass is 9.68. The van der Waals surface area contributed by atoms with Gasteiger partial charge in [0.15, 0.2) is 10.6 Å². The highest BCUT2D eigenvalue weighted by molar-refractivity contribution is 7.71. The van der Waals surface area contributed by atoms with Gasteiger partial charge in [0.25, 0.3) is 5.56 Å². The van der Waals surface area contributed by atoms with Crippen molar-refractivity contribution in [1.29, 1.82) is 0 Å². The van der Waals surface area contributed by atoms with Crippen molar-refractivity contribution in [3.63, 3.8) is 0 Å². The number of ketones is 1. The molecule has 1 aromatic heterocycles. The van der Waals surface area contributed by atoms with E-state index in [4.69, 9.17) is 12.2 Å². The number of hydrogen-bond donors (Lipinski definition) is 0. The summed E-state index contributed by atoms with van der Waals surface area (Å²) in [5.41, 5.74) is 8.56. The second kappa shape index (κ2) is 11.8. The molecular formula is C41H39N3O2S. The largest absolute Gasteiger partial charge is 0.326 e. The van der Waals surface area contributed by atoms with Gasteiger partial charge in [-0.3, -0.25) is 18.7 Å². The Kier molecular flexibility index (Phi) is 7.72. The van der Waals surface area contributed by atoms with E-state index in [1.807, 2.05) is 61.5 Å². The number of Topliss-reactive ketones (excluding diaryl/α,β-unsaturated/α-hetero) is 1. The van der Waals surface area contributed by atoms with Crippen LogP contribution in [0.2, 0.25) is 0 Å². The lowest BCUT2D eigenvalue weighted by Gasteiger charge is -2.45. The smallest absolute Gasteiger partial charge is 0.265 e. The molecule has 7 rings (SSSR count). The molecule has 0 amide bonds. The molecule has 1 unspecified atom stereocenters. The first-order valence-electron chi connectivity index (χ1n) is 16.2. The number of carbonyl (C=O) groups is 1. The average Bonchev–Trinajstić information content (AvgIpc) is 3.04. The predicted octanol–water partition coefficient (Wildman–Crippen LogP) is 9.08. The monoisotopic (exact) mass is 637 g/mol. The third-order valence-corrected chi connectivity index (χ3v) is 10.00. The summed E-state index contributed by atoms with van der Waals surface area (Å²) in [6.07, 6.45) is 1.12. The second-order valence-electron chi connectivity index (χ2n) is 13.8. The molecule has 2 heterocycles. The van der Waals surface area contributed by atoms with Gasteiger partial charge in [0, 0.05) is 30.2 Å². The summed E-state index contributed by atoms with van der Waals surface area (Å²) >= 11 is 6.37. The van der Waals surface area contributed by atoms with E-state index >= 15 is 4.79 Å². The maximum Gasteiger partial charge on any atom is 0.265 e. The Morgan fingerprint density at radius 1 is 0.723 bits per heavy atom. The topological polar surface area (TPSA) is 47.2 Å². The number of carbonyl (C=O) groups excluding carboxylic acids is 1. The maximum atomic E-state index is 15.3. The molecule has 4 aromatic carbocycles. The molecule has 5 aromatic rings. The minimum atomic E-state index is -0.551. The number of nitrogens with zero attached hydrogens (tertiary/aromatic N) is 3. The molecule has 0 bridgehead atoms. The van der Waals surface area contributed by atoms with Crippen molar-refractivity contribution in [1.82, 2.24) is 9.13 Å². The number of fused-ring (bicyclic) bond motifs is 1. The Labute approximate surface area is 281 Å². The van der Waals surface area contributed by atoms with Crippen molar-refractivity contribution in [2.45, 2.75) is 59.9 Å². The number of para-hydroxylation sites is 2. The summed E-state index contributed by atoms with van der Waals surface area (Å²) in [7, 11) is 0. The summed E-state index contributed by atoms with van der Waals surface area (Å²) in [5, 5.41) is 0. The zero-order chi connectivity index (χ0) is 33.0. The molecule has 1 atom stereocenters.